The van der Waals surface area contributed by atoms with Crippen LogP contribution in [0.25, 0.3) is 0 Å². The van der Waals surface area contributed by atoms with Crippen molar-refractivity contribution in [1.29, 1.82) is 0 Å². The Bertz CT molecular complexity index is 357. The monoisotopic (exact) mass is 283 g/mol. The Morgan fingerprint density at radius 1 is 1.44 bits per heavy atom. The highest BCUT2D eigenvalue weighted by Crippen LogP contribution is 2.38. The molecule has 1 aromatic carbocycles. The predicted octanol–water partition coefficient (Wildman–Crippen LogP) is 2.89. The summed E-state index contributed by atoms with van der Waals surface area (Å²) in [6.45, 7) is 0. The van der Waals surface area contributed by atoms with Crippen molar-refractivity contribution in [2.75, 3.05) is 7.11 Å². The fourth-order valence-corrected chi connectivity index (χ4v) is 2.79. The van der Waals surface area contributed by atoms with Gasteiger partial charge in [0.25, 0.3) is 0 Å². The van der Waals surface area contributed by atoms with Crippen LogP contribution in [0.3, 0.4) is 0 Å². The molecule has 0 amide bonds. The molecule has 0 radical (unpaired) electrons. The summed E-state index contributed by atoms with van der Waals surface area (Å²) in [5.41, 5.74) is 7.47. The molecular weight excluding hydrogens is 266 g/mol. The van der Waals surface area contributed by atoms with Crippen LogP contribution in [0.5, 0.6) is 0 Å². The molecule has 0 spiro atoms. The molecule has 2 N–H and O–H groups in total. The lowest BCUT2D eigenvalue weighted by Crippen LogP contribution is -2.55. The molecule has 2 rings (SSSR count). The van der Waals surface area contributed by atoms with Gasteiger partial charge < -0.3 is 10.5 Å². The van der Waals surface area contributed by atoms with E-state index in [2.05, 4.69) is 28.1 Å². The molecule has 0 aromatic heterocycles. The quantitative estimate of drug-likeness (QED) is 0.922. The molecule has 3 heteroatoms. The van der Waals surface area contributed by atoms with E-state index in [-0.39, 0.29) is 11.6 Å². The second kappa shape index (κ2) is 4.86. The summed E-state index contributed by atoms with van der Waals surface area (Å²) in [7, 11) is 1.78. The molecule has 2 nitrogen and oxygen atoms in total. The third kappa shape index (κ3) is 2.17. The zero-order valence-corrected chi connectivity index (χ0v) is 11.2. The highest BCUT2D eigenvalue weighted by molar-refractivity contribution is 9.10. The van der Waals surface area contributed by atoms with Gasteiger partial charge in [-0.05, 0) is 37.3 Å². The van der Waals surface area contributed by atoms with Crippen LogP contribution in [0.1, 0.15) is 24.8 Å². The van der Waals surface area contributed by atoms with Crippen molar-refractivity contribution in [1.82, 2.24) is 0 Å². The van der Waals surface area contributed by atoms with Gasteiger partial charge in [0.1, 0.15) is 0 Å². The molecule has 0 bridgehead atoms. The van der Waals surface area contributed by atoms with E-state index in [9.17, 15) is 0 Å². The molecule has 1 atom stereocenters. The molecular formula is C13H18BrNO. The van der Waals surface area contributed by atoms with Gasteiger partial charge in [-0.3, -0.25) is 0 Å². The van der Waals surface area contributed by atoms with Gasteiger partial charge in [0.05, 0.1) is 5.60 Å². The van der Waals surface area contributed by atoms with E-state index in [1.54, 1.807) is 7.11 Å². The summed E-state index contributed by atoms with van der Waals surface area (Å²) in [6.07, 6.45) is 4.29. The average Bonchev–Trinajstić information content (AvgIpc) is 2.21. The molecule has 0 saturated heterocycles. The first kappa shape index (κ1) is 12.1. The summed E-state index contributed by atoms with van der Waals surface area (Å²) in [5, 5.41) is 0. The molecule has 1 aromatic rings. The Morgan fingerprint density at radius 2 is 2.12 bits per heavy atom. The van der Waals surface area contributed by atoms with Crippen molar-refractivity contribution in [2.45, 2.75) is 37.3 Å². The van der Waals surface area contributed by atoms with Gasteiger partial charge in [0.15, 0.2) is 0 Å². The van der Waals surface area contributed by atoms with Gasteiger partial charge in [-0.25, -0.2) is 0 Å². The van der Waals surface area contributed by atoms with Gasteiger partial charge in [-0.15, -0.1) is 0 Å². The maximum atomic E-state index is 6.28. The minimum Gasteiger partial charge on any atom is -0.377 e. The van der Waals surface area contributed by atoms with Crippen LogP contribution >= 0.6 is 15.9 Å². The average molecular weight is 284 g/mol. The minimum absolute atomic E-state index is 0.0741. The van der Waals surface area contributed by atoms with Crippen LogP contribution in [0.2, 0.25) is 0 Å². The van der Waals surface area contributed by atoms with Gasteiger partial charge >= 0.3 is 0 Å². The van der Waals surface area contributed by atoms with E-state index < -0.39 is 0 Å². The number of nitrogens with two attached hydrogens (primary N) is 1. The maximum absolute atomic E-state index is 6.28. The van der Waals surface area contributed by atoms with Crippen LogP contribution in [0, 0.1) is 0 Å². The lowest BCUT2D eigenvalue weighted by molar-refractivity contribution is -0.0897. The summed E-state index contributed by atoms with van der Waals surface area (Å²) in [5.74, 6) is 0. The molecule has 0 heterocycles. The number of benzene rings is 1. The first-order valence-corrected chi connectivity index (χ1v) is 6.51. The van der Waals surface area contributed by atoms with E-state index in [4.69, 9.17) is 10.5 Å². The van der Waals surface area contributed by atoms with Crippen molar-refractivity contribution in [2.24, 2.45) is 5.73 Å². The molecule has 1 aliphatic carbocycles. The lowest BCUT2D eigenvalue weighted by atomic mass is 9.73. The molecule has 16 heavy (non-hydrogen) atoms. The van der Waals surface area contributed by atoms with Crippen LogP contribution in [0.15, 0.2) is 28.7 Å². The normalized spacial score (nSPS) is 20.2. The number of ether oxygens (including phenoxy) is 1. The first-order valence-electron chi connectivity index (χ1n) is 5.72. The second-order valence-electron chi connectivity index (χ2n) is 4.52. The summed E-state index contributed by atoms with van der Waals surface area (Å²) >= 11 is 3.56. The van der Waals surface area contributed by atoms with Gasteiger partial charge in [0.2, 0.25) is 0 Å². The highest BCUT2D eigenvalue weighted by Gasteiger charge is 2.42. The SMILES string of the molecule is COC1(C(N)Cc2ccccc2Br)CCC1. The fourth-order valence-electron chi connectivity index (χ4n) is 2.34. The number of halogens is 1. The molecule has 0 aliphatic heterocycles. The fraction of sp³-hybridized carbons (Fsp3) is 0.538. The van der Waals surface area contributed by atoms with Crippen LogP contribution in [-0.4, -0.2) is 18.8 Å². The minimum atomic E-state index is -0.0741. The van der Waals surface area contributed by atoms with Crippen molar-refractivity contribution in [3.63, 3.8) is 0 Å². The Hall–Kier alpha value is -0.380. The predicted molar refractivity (Wildman–Crippen MR) is 69.4 cm³/mol. The third-order valence-corrected chi connectivity index (χ3v) is 4.45. The van der Waals surface area contributed by atoms with E-state index in [1.165, 1.54) is 12.0 Å². The topological polar surface area (TPSA) is 35.2 Å². The molecule has 1 unspecified atom stereocenters. The van der Waals surface area contributed by atoms with Crippen molar-refractivity contribution < 1.29 is 4.74 Å². The first-order chi connectivity index (χ1) is 7.68. The Morgan fingerprint density at radius 3 is 2.62 bits per heavy atom. The number of methoxy groups -OCH3 is 1. The van der Waals surface area contributed by atoms with Crippen molar-refractivity contribution >= 4 is 15.9 Å². The van der Waals surface area contributed by atoms with Crippen LogP contribution in [0.4, 0.5) is 0 Å². The molecule has 1 aliphatic rings. The lowest BCUT2D eigenvalue weighted by Gasteiger charge is -2.45. The Kier molecular flexibility index (Phi) is 3.67. The molecule has 1 saturated carbocycles. The summed E-state index contributed by atoms with van der Waals surface area (Å²) in [4.78, 5) is 0. The Labute approximate surface area is 105 Å². The maximum Gasteiger partial charge on any atom is 0.0832 e. The van der Waals surface area contributed by atoms with E-state index in [0.29, 0.717) is 0 Å². The number of hydrogen-bond donors (Lipinski definition) is 1. The molecule has 1 fully saturated rings. The number of hydrogen-bond acceptors (Lipinski definition) is 2. The van der Waals surface area contributed by atoms with E-state index in [1.807, 2.05) is 12.1 Å². The highest BCUT2D eigenvalue weighted by atomic mass is 79.9. The van der Waals surface area contributed by atoms with Crippen LogP contribution in [-0.2, 0) is 11.2 Å². The zero-order chi connectivity index (χ0) is 11.6. The van der Waals surface area contributed by atoms with E-state index >= 15 is 0 Å². The Balaban J connectivity index is 2.07. The zero-order valence-electron chi connectivity index (χ0n) is 9.58. The van der Waals surface area contributed by atoms with E-state index in [0.717, 1.165) is 23.7 Å². The van der Waals surface area contributed by atoms with Crippen molar-refractivity contribution in [3.8, 4) is 0 Å². The molecule has 88 valence electrons. The van der Waals surface area contributed by atoms with Gasteiger partial charge in [0, 0.05) is 17.6 Å². The summed E-state index contributed by atoms with van der Waals surface area (Å²) in [6, 6.07) is 8.33. The smallest absolute Gasteiger partial charge is 0.0832 e. The number of rotatable bonds is 4. The third-order valence-electron chi connectivity index (χ3n) is 3.68. The largest absolute Gasteiger partial charge is 0.377 e. The van der Waals surface area contributed by atoms with Gasteiger partial charge in [-0.2, -0.15) is 0 Å². The second-order valence-corrected chi connectivity index (χ2v) is 5.38. The van der Waals surface area contributed by atoms with Crippen molar-refractivity contribution in [3.05, 3.63) is 34.3 Å². The summed E-state index contributed by atoms with van der Waals surface area (Å²) < 4.78 is 6.74. The standard InChI is InChI=1S/C13H18BrNO/c1-16-13(7-4-8-13)12(15)9-10-5-2-3-6-11(10)14/h2-3,5-6,12H,4,7-9,15H2,1H3. The van der Waals surface area contributed by atoms with Gasteiger partial charge in [-0.1, -0.05) is 34.1 Å². The van der Waals surface area contributed by atoms with Crippen LogP contribution < -0.4 is 5.73 Å².